The number of aromatic nitrogens is 1. The summed E-state index contributed by atoms with van der Waals surface area (Å²) in [4.78, 5) is 28.7. The summed E-state index contributed by atoms with van der Waals surface area (Å²) in [5.41, 5.74) is 0.590. The maximum absolute atomic E-state index is 12.9. The number of rotatable bonds is 5. The minimum absolute atomic E-state index is 0.262. The molecule has 0 radical (unpaired) electrons. The lowest BCUT2D eigenvalue weighted by Crippen LogP contribution is -2.27. The average molecular weight is 413 g/mol. The molecule has 30 heavy (non-hydrogen) atoms. The van der Waals surface area contributed by atoms with Gasteiger partial charge in [-0.3, -0.25) is 14.6 Å². The zero-order chi connectivity index (χ0) is 21.7. The molecule has 3 aromatic rings. The molecule has 3 rings (SSSR count). The summed E-state index contributed by atoms with van der Waals surface area (Å²) in [6.07, 6.45) is -1.49. The third kappa shape index (κ3) is 5.22. The number of hydrogen-bond donors (Lipinski definition) is 2. The normalized spacial score (nSPS) is 12.1. The van der Waals surface area contributed by atoms with Crippen molar-refractivity contribution in [2.45, 2.75) is 19.1 Å². The zero-order valence-corrected chi connectivity index (χ0v) is 15.9. The first-order chi connectivity index (χ1) is 14.2. The lowest BCUT2D eigenvalue weighted by molar-refractivity contribution is -0.137. The van der Waals surface area contributed by atoms with E-state index in [0.29, 0.717) is 16.8 Å². The van der Waals surface area contributed by atoms with E-state index in [9.17, 15) is 22.8 Å². The molecule has 0 aliphatic heterocycles. The number of pyridine rings is 1. The average Bonchev–Trinajstić information content (AvgIpc) is 2.74. The van der Waals surface area contributed by atoms with Crippen molar-refractivity contribution in [3.05, 3.63) is 95.3 Å². The van der Waals surface area contributed by atoms with Crippen LogP contribution in [0.25, 0.3) is 0 Å². The first-order valence-corrected chi connectivity index (χ1v) is 9.03. The van der Waals surface area contributed by atoms with Crippen molar-refractivity contribution in [1.29, 1.82) is 0 Å². The number of anilines is 1. The summed E-state index contributed by atoms with van der Waals surface area (Å²) in [6, 6.07) is 13.7. The molecule has 8 heteroatoms. The molecule has 0 saturated carbocycles. The summed E-state index contributed by atoms with van der Waals surface area (Å²) in [5.74, 6) is -0.851. The maximum Gasteiger partial charge on any atom is 0.416 e. The Morgan fingerprint density at radius 1 is 0.933 bits per heavy atom. The van der Waals surface area contributed by atoms with E-state index >= 15 is 0 Å². The first-order valence-electron chi connectivity index (χ1n) is 9.03. The molecule has 2 amide bonds. The molecule has 0 aliphatic carbocycles. The van der Waals surface area contributed by atoms with Crippen molar-refractivity contribution >= 4 is 17.5 Å². The molecule has 0 spiro atoms. The number of amides is 2. The molecule has 0 fully saturated rings. The predicted molar refractivity (Wildman–Crippen MR) is 106 cm³/mol. The van der Waals surface area contributed by atoms with Crippen LogP contribution >= 0.6 is 0 Å². The number of benzene rings is 2. The smallest absolute Gasteiger partial charge is 0.346 e. The van der Waals surface area contributed by atoms with Gasteiger partial charge in [0.2, 0.25) is 0 Å². The molecule has 0 bridgehead atoms. The summed E-state index contributed by atoms with van der Waals surface area (Å²) in [6.45, 7) is 1.60. The second kappa shape index (κ2) is 8.77. The van der Waals surface area contributed by atoms with Crippen molar-refractivity contribution in [3.63, 3.8) is 0 Å². The van der Waals surface area contributed by atoms with Crippen molar-refractivity contribution in [2.75, 3.05) is 5.32 Å². The molecule has 0 aliphatic rings. The number of alkyl halides is 3. The number of carbonyl (C=O) groups is 2. The van der Waals surface area contributed by atoms with Crippen LogP contribution in [0.15, 0.2) is 73.1 Å². The fourth-order valence-corrected chi connectivity index (χ4v) is 2.79. The second-order valence-corrected chi connectivity index (χ2v) is 6.60. The number of halogens is 3. The van der Waals surface area contributed by atoms with Gasteiger partial charge in [0, 0.05) is 23.6 Å². The van der Waals surface area contributed by atoms with Crippen LogP contribution in [0.3, 0.4) is 0 Å². The Labute approximate surface area is 171 Å². The molecule has 1 aromatic heterocycles. The monoisotopic (exact) mass is 413 g/mol. The summed E-state index contributed by atoms with van der Waals surface area (Å²) in [7, 11) is 0. The van der Waals surface area contributed by atoms with E-state index in [4.69, 9.17) is 0 Å². The number of nitrogens with zero attached hydrogens (tertiary/aromatic N) is 1. The number of carbonyl (C=O) groups excluding carboxylic acids is 2. The van der Waals surface area contributed by atoms with Crippen LogP contribution in [0.5, 0.6) is 0 Å². The standard InChI is InChI=1S/C22H18F3N3O2/c1-14(15-5-2-8-18(11-15)22(23,24)25)27-20(29)16-6-3-9-19(12-16)28-21(30)17-7-4-10-26-13-17/h2-14H,1H3,(H,27,29)(H,28,30). The van der Waals surface area contributed by atoms with Crippen molar-refractivity contribution in [1.82, 2.24) is 10.3 Å². The van der Waals surface area contributed by atoms with E-state index in [1.54, 1.807) is 43.5 Å². The quantitative estimate of drug-likeness (QED) is 0.629. The van der Waals surface area contributed by atoms with E-state index in [1.807, 2.05) is 0 Å². The van der Waals surface area contributed by atoms with Crippen LogP contribution in [0.2, 0.25) is 0 Å². The van der Waals surface area contributed by atoms with Crippen LogP contribution < -0.4 is 10.6 Å². The van der Waals surface area contributed by atoms with E-state index < -0.39 is 23.7 Å². The highest BCUT2D eigenvalue weighted by Crippen LogP contribution is 2.30. The van der Waals surface area contributed by atoms with Crippen LogP contribution in [-0.2, 0) is 6.18 Å². The van der Waals surface area contributed by atoms with Gasteiger partial charge in [0.1, 0.15) is 0 Å². The molecule has 1 unspecified atom stereocenters. The maximum atomic E-state index is 12.9. The Morgan fingerprint density at radius 3 is 2.37 bits per heavy atom. The second-order valence-electron chi connectivity index (χ2n) is 6.60. The van der Waals surface area contributed by atoms with Crippen molar-refractivity contribution in [3.8, 4) is 0 Å². The van der Waals surface area contributed by atoms with E-state index in [1.165, 1.54) is 24.4 Å². The highest BCUT2D eigenvalue weighted by molar-refractivity contribution is 6.04. The number of nitrogens with one attached hydrogen (secondary N) is 2. The Morgan fingerprint density at radius 2 is 1.67 bits per heavy atom. The van der Waals surface area contributed by atoms with Crippen LogP contribution in [0.4, 0.5) is 18.9 Å². The lowest BCUT2D eigenvalue weighted by Gasteiger charge is -2.16. The fraction of sp³-hybridized carbons (Fsp3) is 0.136. The van der Waals surface area contributed by atoms with Gasteiger partial charge in [0.05, 0.1) is 17.2 Å². The zero-order valence-electron chi connectivity index (χ0n) is 15.9. The van der Waals surface area contributed by atoms with E-state index in [0.717, 1.165) is 12.1 Å². The van der Waals surface area contributed by atoms with Gasteiger partial charge in [-0.05, 0) is 55.0 Å². The molecule has 154 valence electrons. The Hall–Kier alpha value is -3.68. The topological polar surface area (TPSA) is 71.1 Å². The third-order valence-electron chi connectivity index (χ3n) is 4.37. The minimum atomic E-state index is -4.46. The van der Waals surface area contributed by atoms with Gasteiger partial charge in [0.15, 0.2) is 0 Å². The van der Waals surface area contributed by atoms with Gasteiger partial charge >= 0.3 is 6.18 Å². The Bertz CT molecular complexity index is 1050. The third-order valence-corrected chi connectivity index (χ3v) is 4.37. The van der Waals surface area contributed by atoms with Gasteiger partial charge in [-0.1, -0.05) is 18.2 Å². The molecule has 1 atom stereocenters. The lowest BCUT2D eigenvalue weighted by atomic mass is 10.0. The molecule has 0 saturated heterocycles. The fourth-order valence-electron chi connectivity index (χ4n) is 2.79. The van der Waals surface area contributed by atoms with Crippen molar-refractivity contribution < 1.29 is 22.8 Å². The van der Waals surface area contributed by atoms with Crippen LogP contribution in [0, 0.1) is 0 Å². The predicted octanol–water partition coefficient (Wildman–Crippen LogP) is 4.84. The molecule has 2 aromatic carbocycles. The van der Waals surface area contributed by atoms with Gasteiger partial charge < -0.3 is 10.6 Å². The van der Waals surface area contributed by atoms with Gasteiger partial charge in [-0.25, -0.2) is 0 Å². The van der Waals surface area contributed by atoms with Crippen molar-refractivity contribution in [2.24, 2.45) is 0 Å². The SMILES string of the molecule is CC(NC(=O)c1cccc(NC(=O)c2cccnc2)c1)c1cccc(C(F)(F)F)c1. The van der Waals surface area contributed by atoms with Crippen LogP contribution in [0.1, 0.15) is 44.8 Å². The molecular formula is C22H18F3N3O2. The molecule has 2 N–H and O–H groups in total. The first kappa shape index (κ1) is 21.0. The number of hydrogen-bond acceptors (Lipinski definition) is 3. The minimum Gasteiger partial charge on any atom is -0.346 e. The Balaban J connectivity index is 1.70. The van der Waals surface area contributed by atoms with Gasteiger partial charge in [-0.2, -0.15) is 13.2 Å². The molecule has 1 heterocycles. The molecule has 5 nitrogen and oxygen atoms in total. The van der Waals surface area contributed by atoms with E-state index in [2.05, 4.69) is 15.6 Å². The van der Waals surface area contributed by atoms with Gasteiger partial charge in [-0.15, -0.1) is 0 Å². The largest absolute Gasteiger partial charge is 0.416 e. The van der Waals surface area contributed by atoms with E-state index in [-0.39, 0.29) is 11.5 Å². The molecular weight excluding hydrogens is 395 g/mol. The summed E-state index contributed by atoms with van der Waals surface area (Å²) in [5, 5.41) is 5.35. The Kier molecular flexibility index (Phi) is 6.15. The highest BCUT2D eigenvalue weighted by Gasteiger charge is 2.30. The summed E-state index contributed by atoms with van der Waals surface area (Å²) < 4.78 is 38.7. The van der Waals surface area contributed by atoms with Crippen LogP contribution in [-0.4, -0.2) is 16.8 Å². The highest BCUT2D eigenvalue weighted by atomic mass is 19.4. The summed E-state index contributed by atoms with van der Waals surface area (Å²) >= 11 is 0. The van der Waals surface area contributed by atoms with Gasteiger partial charge in [0.25, 0.3) is 11.8 Å².